The van der Waals surface area contributed by atoms with Gasteiger partial charge in [-0.3, -0.25) is 19.3 Å². The lowest BCUT2D eigenvalue weighted by Gasteiger charge is -2.20. The molecule has 1 aromatic heterocycles. The van der Waals surface area contributed by atoms with Gasteiger partial charge in [0.15, 0.2) is 0 Å². The highest BCUT2D eigenvalue weighted by atomic mass is 16.6. The number of ether oxygens (including phenoxy) is 2. The molecule has 2 heterocycles. The van der Waals surface area contributed by atoms with Crippen molar-refractivity contribution in [2.75, 3.05) is 6.61 Å². The Morgan fingerprint density at radius 1 is 0.976 bits per heavy atom. The lowest BCUT2D eigenvalue weighted by molar-refractivity contribution is -0.154. The standard InChI is InChI=1S/C34H34N2O6/c1-22-29(35-31(41-22)24-10-6-5-7-11-24)18-19-40-26-16-14-23(15-17-30(37)42-34(2,3)4)28(20-26)33(39)36-21-25-12-8-9-13-27(25)32(36)38/h5-14,16,20H,15,17-19,21H2,1-4H3. The zero-order chi connectivity index (χ0) is 29.9. The summed E-state index contributed by atoms with van der Waals surface area (Å²) in [6.07, 6.45) is 0.887. The quantitative estimate of drug-likeness (QED) is 0.172. The number of aromatic nitrogens is 1. The summed E-state index contributed by atoms with van der Waals surface area (Å²) >= 11 is 0. The van der Waals surface area contributed by atoms with Crippen LogP contribution in [0.25, 0.3) is 11.5 Å². The maximum atomic E-state index is 13.8. The number of nitrogens with zero attached hydrogens (tertiary/aromatic N) is 2. The fraction of sp³-hybridized carbons (Fsp3) is 0.294. The van der Waals surface area contributed by atoms with Crippen LogP contribution in [-0.2, 0) is 28.9 Å². The molecule has 3 aromatic carbocycles. The summed E-state index contributed by atoms with van der Waals surface area (Å²) in [5.41, 5.74) is 3.37. The summed E-state index contributed by atoms with van der Waals surface area (Å²) in [5, 5.41) is 0. The molecule has 8 nitrogen and oxygen atoms in total. The number of imide groups is 1. The number of oxazole rings is 1. The summed E-state index contributed by atoms with van der Waals surface area (Å²) in [7, 11) is 0. The fourth-order valence-electron chi connectivity index (χ4n) is 4.89. The third-order valence-electron chi connectivity index (χ3n) is 6.92. The van der Waals surface area contributed by atoms with Crippen LogP contribution in [-0.4, -0.2) is 39.9 Å². The van der Waals surface area contributed by atoms with Gasteiger partial charge in [0.05, 0.1) is 18.8 Å². The molecule has 0 saturated carbocycles. The molecule has 0 saturated heterocycles. The molecule has 4 aromatic rings. The number of hydrogen-bond donors (Lipinski definition) is 0. The van der Waals surface area contributed by atoms with E-state index in [0.29, 0.717) is 41.4 Å². The predicted molar refractivity (Wildman–Crippen MR) is 157 cm³/mol. The first-order valence-corrected chi connectivity index (χ1v) is 14.0. The molecule has 0 fully saturated rings. The van der Waals surface area contributed by atoms with Gasteiger partial charge in [-0.2, -0.15) is 0 Å². The number of esters is 1. The number of benzene rings is 3. The van der Waals surface area contributed by atoms with Crippen LogP contribution in [0.5, 0.6) is 5.75 Å². The highest BCUT2D eigenvalue weighted by Gasteiger charge is 2.33. The summed E-state index contributed by atoms with van der Waals surface area (Å²) in [6, 6.07) is 22.1. The van der Waals surface area contributed by atoms with Gasteiger partial charge in [-0.05, 0) is 75.6 Å². The van der Waals surface area contributed by atoms with Crippen LogP contribution in [0.2, 0.25) is 0 Å². The summed E-state index contributed by atoms with van der Waals surface area (Å²) < 4.78 is 17.3. The van der Waals surface area contributed by atoms with E-state index < -0.39 is 11.5 Å². The summed E-state index contributed by atoms with van der Waals surface area (Å²) in [4.78, 5) is 45.1. The van der Waals surface area contributed by atoms with E-state index in [9.17, 15) is 14.4 Å². The third-order valence-corrected chi connectivity index (χ3v) is 6.92. The molecule has 1 aliphatic rings. The number of fused-ring (bicyclic) bond motifs is 1. The van der Waals surface area contributed by atoms with E-state index in [2.05, 4.69) is 4.98 Å². The second-order valence-electron chi connectivity index (χ2n) is 11.2. The maximum Gasteiger partial charge on any atom is 0.306 e. The highest BCUT2D eigenvalue weighted by molar-refractivity contribution is 6.13. The molecular weight excluding hydrogens is 532 g/mol. The van der Waals surface area contributed by atoms with Gasteiger partial charge in [-0.25, -0.2) is 4.98 Å². The number of carbonyl (C=O) groups is 3. The summed E-state index contributed by atoms with van der Waals surface area (Å²) in [5.74, 6) is 0.632. The van der Waals surface area contributed by atoms with Gasteiger partial charge < -0.3 is 13.9 Å². The maximum absolute atomic E-state index is 13.8. The molecule has 1 aliphatic heterocycles. The van der Waals surface area contributed by atoms with Crippen LogP contribution in [0, 0.1) is 6.92 Å². The molecule has 0 unspecified atom stereocenters. The molecule has 0 aliphatic carbocycles. The first-order chi connectivity index (χ1) is 20.1. The average molecular weight is 567 g/mol. The van der Waals surface area contributed by atoms with Gasteiger partial charge >= 0.3 is 5.97 Å². The van der Waals surface area contributed by atoms with E-state index in [1.54, 1.807) is 30.3 Å². The smallest absolute Gasteiger partial charge is 0.306 e. The third kappa shape index (κ3) is 6.60. The van der Waals surface area contributed by atoms with E-state index in [-0.39, 0.29) is 31.3 Å². The molecule has 0 bridgehead atoms. The van der Waals surface area contributed by atoms with Crippen molar-refractivity contribution in [1.29, 1.82) is 0 Å². The van der Waals surface area contributed by atoms with E-state index in [1.165, 1.54) is 4.90 Å². The Hall–Kier alpha value is -4.72. The molecule has 0 spiro atoms. The molecule has 2 amide bonds. The first-order valence-electron chi connectivity index (χ1n) is 14.0. The monoisotopic (exact) mass is 566 g/mol. The van der Waals surface area contributed by atoms with Crippen molar-refractivity contribution in [3.05, 3.63) is 107 Å². The van der Waals surface area contributed by atoms with Crippen molar-refractivity contribution in [3.8, 4) is 17.2 Å². The minimum absolute atomic E-state index is 0.0983. The van der Waals surface area contributed by atoms with E-state index in [4.69, 9.17) is 13.9 Å². The normalized spacial score (nSPS) is 12.8. The van der Waals surface area contributed by atoms with Crippen LogP contribution in [0.15, 0.2) is 77.2 Å². The fourth-order valence-corrected chi connectivity index (χ4v) is 4.89. The SMILES string of the molecule is Cc1oc(-c2ccccc2)nc1CCOc1ccc(CCC(=O)OC(C)(C)C)c(C(=O)N2Cc3ccccc3C2=O)c1. The van der Waals surface area contributed by atoms with Gasteiger partial charge in [0, 0.05) is 29.5 Å². The Balaban J connectivity index is 1.32. The van der Waals surface area contributed by atoms with Crippen LogP contribution in [0.3, 0.4) is 0 Å². The number of aryl methyl sites for hydroxylation is 2. The zero-order valence-electron chi connectivity index (χ0n) is 24.3. The van der Waals surface area contributed by atoms with Crippen molar-refractivity contribution in [3.63, 3.8) is 0 Å². The lowest BCUT2D eigenvalue weighted by atomic mass is 10.0. The molecule has 42 heavy (non-hydrogen) atoms. The van der Waals surface area contributed by atoms with Crippen molar-refractivity contribution < 1.29 is 28.3 Å². The topological polar surface area (TPSA) is 98.9 Å². The molecule has 0 atom stereocenters. The summed E-state index contributed by atoms with van der Waals surface area (Å²) in [6.45, 7) is 7.80. The number of rotatable bonds is 9. The predicted octanol–water partition coefficient (Wildman–Crippen LogP) is 6.34. The van der Waals surface area contributed by atoms with Crippen LogP contribution < -0.4 is 4.74 Å². The highest BCUT2D eigenvalue weighted by Crippen LogP contribution is 2.28. The van der Waals surface area contributed by atoms with E-state index in [0.717, 1.165) is 22.6 Å². The number of amides is 2. The number of carbonyl (C=O) groups excluding carboxylic acids is 3. The van der Waals surface area contributed by atoms with Crippen LogP contribution >= 0.6 is 0 Å². The molecule has 216 valence electrons. The van der Waals surface area contributed by atoms with E-state index in [1.807, 2.05) is 70.2 Å². The minimum Gasteiger partial charge on any atom is -0.493 e. The Bertz CT molecular complexity index is 1620. The van der Waals surface area contributed by atoms with Crippen molar-refractivity contribution in [2.45, 2.75) is 59.1 Å². The Morgan fingerprint density at radius 3 is 2.45 bits per heavy atom. The minimum atomic E-state index is -0.606. The van der Waals surface area contributed by atoms with Gasteiger partial charge in [0.1, 0.15) is 17.1 Å². The second kappa shape index (κ2) is 12.0. The zero-order valence-corrected chi connectivity index (χ0v) is 24.3. The van der Waals surface area contributed by atoms with Gasteiger partial charge in [0.2, 0.25) is 5.89 Å². The molecular formula is C34H34N2O6. The first kappa shape index (κ1) is 28.8. The Labute approximate surface area is 245 Å². The van der Waals surface area contributed by atoms with E-state index >= 15 is 0 Å². The van der Waals surface area contributed by atoms with Gasteiger partial charge in [0.25, 0.3) is 11.8 Å². The molecule has 0 radical (unpaired) electrons. The van der Waals surface area contributed by atoms with Gasteiger partial charge in [-0.15, -0.1) is 0 Å². The second-order valence-corrected chi connectivity index (χ2v) is 11.2. The Kier molecular flexibility index (Phi) is 8.24. The van der Waals surface area contributed by atoms with Gasteiger partial charge in [-0.1, -0.05) is 42.5 Å². The largest absolute Gasteiger partial charge is 0.493 e. The lowest BCUT2D eigenvalue weighted by Crippen LogP contribution is -2.32. The van der Waals surface area contributed by atoms with Crippen molar-refractivity contribution >= 4 is 17.8 Å². The van der Waals surface area contributed by atoms with Crippen LogP contribution in [0.4, 0.5) is 0 Å². The molecule has 0 N–H and O–H groups in total. The molecule has 8 heteroatoms. The van der Waals surface area contributed by atoms with Crippen LogP contribution in [0.1, 0.15) is 70.5 Å². The number of hydrogen-bond acceptors (Lipinski definition) is 7. The average Bonchev–Trinajstić information content (AvgIpc) is 3.51. The van der Waals surface area contributed by atoms with Crippen molar-refractivity contribution in [2.24, 2.45) is 0 Å². The van der Waals surface area contributed by atoms with Crippen molar-refractivity contribution in [1.82, 2.24) is 9.88 Å². The Morgan fingerprint density at radius 2 is 1.71 bits per heavy atom. The molecule has 5 rings (SSSR count).